The molecule has 1 heterocycles. The van der Waals surface area contributed by atoms with E-state index in [9.17, 15) is 0 Å². The lowest BCUT2D eigenvalue weighted by atomic mass is 10.1. The molecule has 96 valence electrons. The van der Waals surface area contributed by atoms with E-state index in [2.05, 4.69) is 15.2 Å². The zero-order valence-electron chi connectivity index (χ0n) is 11.1. The molecule has 1 fully saturated rings. The van der Waals surface area contributed by atoms with Crippen LogP contribution in [0.25, 0.3) is 0 Å². The predicted molar refractivity (Wildman–Crippen MR) is 72.4 cm³/mol. The van der Waals surface area contributed by atoms with E-state index in [0.29, 0.717) is 0 Å². The molecular weight excluding hydrogens is 202 g/mol. The molecule has 1 aliphatic rings. The topological polar surface area (TPSA) is 77.5 Å². The lowest BCUT2D eigenvalue weighted by molar-refractivity contribution is 0.339. The molecule has 0 atom stereocenters. The first-order valence-corrected chi connectivity index (χ1v) is 5.64. The summed E-state index contributed by atoms with van der Waals surface area (Å²) in [7, 11) is 5.38. The molecule has 1 aliphatic heterocycles. The second-order valence-electron chi connectivity index (χ2n) is 3.54. The van der Waals surface area contributed by atoms with Crippen LogP contribution in [0, 0.1) is 5.41 Å². The van der Waals surface area contributed by atoms with Gasteiger partial charge in [0.1, 0.15) is 0 Å². The number of aliphatic imine (C=N–C) groups is 1. The monoisotopic (exact) mass is 229 g/mol. The van der Waals surface area contributed by atoms with Gasteiger partial charge in [-0.3, -0.25) is 10.4 Å². The zero-order valence-corrected chi connectivity index (χ0v) is 11.1. The highest BCUT2D eigenvalue weighted by atomic mass is 15.2. The Labute approximate surface area is 99.6 Å². The number of hydrogen-bond donors (Lipinski definition) is 3. The molecule has 16 heavy (non-hydrogen) atoms. The van der Waals surface area contributed by atoms with Crippen molar-refractivity contribution in [3.05, 3.63) is 0 Å². The lowest BCUT2D eigenvalue weighted by Gasteiger charge is -2.27. The fourth-order valence-electron chi connectivity index (χ4n) is 1.23. The third-order valence-electron chi connectivity index (χ3n) is 1.98. The van der Waals surface area contributed by atoms with Crippen LogP contribution in [0.3, 0.4) is 0 Å². The van der Waals surface area contributed by atoms with Gasteiger partial charge in [0.25, 0.3) is 0 Å². The fraction of sp³-hybridized carbons (Fsp3) is 0.818. The molecule has 4 N–H and O–H groups in total. The maximum absolute atomic E-state index is 7.31. The van der Waals surface area contributed by atoms with Gasteiger partial charge in [0.15, 0.2) is 0 Å². The molecule has 0 bridgehead atoms. The maximum atomic E-state index is 7.31. The first kappa shape index (κ1) is 17.3. The lowest BCUT2D eigenvalue weighted by Crippen LogP contribution is -2.33. The number of hydrogen-bond acceptors (Lipinski definition) is 3. The average molecular weight is 229 g/mol. The molecular formula is C11H27N5. The number of nitrogens with one attached hydrogen (secondary N) is 2. The first-order chi connectivity index (χ1) is 7.63. The molecule has 0 saturated carbocycles. The minimum Gasteiger partial charge on any atom is -0.390 e. The second kappa shape index (κ2) is 13.9. The summed E-state index contributed by atoms with van der Waals surface area (Å²) in [5.41, 5.74) is 4.74. The van der Waals surface area contributed by atoms with Crippen molar-refractivity contribution in [1.82, 2.24) is 10.2 Å². The number of piperidine rings is 1. The Kier molecular flexibility index (Phi) is 15.0. The normalized spacial score (nSPS) is 14.6. The minimum absolute atomic E-state index is 0.731. The third-order valence-corrected chi connectivity index (χ3v) is 1.98. The van der Waals surface area contributed by atoms with Crippen LogP contribution in [0.1, 0.15) is 26.2 Å². The summed E-state index contributed by atoms with van der Waals surface area (Å²) in [5, 5.41) is 10.1. The summed E-state index contributed by atoms with van der Waals surface area (Å²) < 4.78 is 0. The summed E-state index contributed by atoms with van der Waals surface area (Å²) in [6.07, 6.45) is 5.15. The molecule has 1 saturated heterocycles. The SMILES string of the molecule is CC(=N)N1CCCCC1.CN=CN.CNC. The van der Waals surface area contributed by atoms with Gasteiger partial charge in [-0.1, -0.05) is 0 Å². The molecule has 0 aromatic rings. The molecule has 0 amide bonds. The minimum atomic E-state index is 0.731. The van der Waals surface area contributed by atoms with E-state index in [1.54, 1.807) is 7.05 Å². The van der Waals surface area contributed by atoms with Crippen molar-refractivity contribution >= 4 is 12.2 Å². The third kappa shape index (κ3) is 12.9. The van der Waals surface area contributed by atoms with Crippen LogP contribution in [0.4, 0.5) is 0 Å². The van der Waals surface area contributed by atoms with Crippen molar-refractivity contribution < 1.29 is 0 Å². The first-order valence-electron chi connectivity index (χ1n) is 5.64. The molecule has 0 radical (unpaired) electrons. The average Bonchev–Trinajstić information content (AvgIpc) is 2.31. The van der Waals surface area contributed by atoms with E-state index in [1.807, 2.05) is 21.0 Å². The highest BCUT2D eigenvalue weighted by Crippen LogP contribution is 2.07. The van der Waals surface area contributed by atoms with Gasteiger partial charge >= 0.3 is 0 Å². The van der Waals surface area contributed by atoms with Crippen molar-refractivity contribution in [1.29, 1.82) is 5.41 Å². The van der Waals surface area contributed by atoms with Crippen molar-refractivity contribution in [3.8, 4) is 0 Å². The van der Waals surface area contributed by atoms with Gasteiger partial charge in [-0.2, -0.15) is 0 Å². The highest BCUT2D eigenvalue weighted by molar-refractivity contribution is 5.76. The van der Waals surface area contributed by atoms with Gasteiger partial charge in [0, 0.05) is 20.1 Å². The largest absolute Gasteiger partial charge is 0.390 e. The van der Waals surface area contributed by atoms with Crippen molar-refractivity contribution in [2.24, 2.45) is 10.7 Å². The van der Waals surface area contributed by atoms with Gasteiger partial charge in [0.2, 0.25) is 0 Å². The Morgan fingerprint density at radius 1 is 1.31 bits per heavy atom. The van der Waals surface area contributed by atoms with E-state index < -0.39 is 0 Å². The Bertz CT molecular complexity index is 169. The smallest absolute Gasteiger partial charge is 0.0925 e. The molecule has 0 aromatic carbocycles. The molecule has 0 aromatic heterocycles. The maximum Gasteiger partial charge on any atom is 0.0925 e. The van der Waals surface area contributed by atoms with Crippen LogP contribution in [0.5, 0.6) is 0 Å². The van der Waals surface area contributed by atoms with Crippen LogP contribution >= 0.6 is 0 Å². The zero-order chi connectivity index (χ0) is 12.8. The molecule has 0 unspecified atom stereocenters. The summed E-state index contributed by atoms with van der Waals surface area (Å²) >= 11 is 0. The van der Waals surface area contributed by atoms with Gasteiger partial charge in [-0.25, -0.2) is 0 Å². The van der Waals surface area contributed by atoms with E-state index >= 15 is 0 Å². The van der Waals surface area contributed by atoms with Crippen LogP contribution < -0.4 is 11.1 Å². The van der Waals surface area contributed by atoms with Gasteiger partial charge in [-0.05, 0) is 40.3 Å². The Balaban J connectivity index is 0. The number of nitrogens with two attached hydrogens (primary N) is 1. The molecule has 5 nitrogen and oxygen atoms in total. The molecule has 0 spiro atoms. The Morgan fingerprint density at radius 3 is 1.88 bits per heavy atom. The number of nitrogens with zero attached hydrogens (tertiary/aromatic N) is 2. The van der Waals surface area contributed by atoms with Crippen LogP contribution in [-0.2, 0) is 0 Å². The molecule has 1 rings (SSSR count). The number of rotatable bonds is 0. The van der Waals surface area contributed by atoms with Gasteiger partial charge in [-0.15, -0.1) is 0 Å². The van der Waals surface area contributed by atoms with Crippen molar-refractivity contribution in [2.75, 3.05) is 34.2 Å². The van der Waals surface area contributed by atoms with Gasteiger partial charge in [0.05, 0.1) is 12.2 Å². The highest BCUT2D eigenvalue weighted by Gasteiger charge is 2.08. The van der Waals surface area contributed by atoms with Crippen LogP contribution in [-0.4, -0.2) is 51.3 Å². The van der Waals surface area contributed by atoms with E-state index in [-0.39, 0.29) is 0 Å². The summed E-state index contributed by atoms with van der Waals surface area (Å²) in [6.45, 7) is 4.08. The predicted octanol–water partition coefficient (Wildman–Crippen LogP) is 0.908. The Morgan fingerprint density at radius 2 is 1.69 bits per heavy atom. The summed E-state index contributed by atoms with van der Waals surface area (Å²) in [4.78, 5) is 5.53. The molecule has 5 heteroatoms. The van der Waals surface area contributed by atoms with Crippen molar-refractivity contribution in [3.63, 3.8) is 0 Å². The Hall–Kier alpha value is -1.10. The quantitative estimate of drug-likeness (QED) is 0.427. The van der Waals surface area contributed by atoms with E-state index in [1.165, 1.54) is 25.6 Å². The summed E-state index contributed by atoms with van der Waals surface area (Å²) in [6, 6.07) is 0. The number of likely N-dealkylation sites (tertiary alicyclic amines) is 1. The standard InChI is InChI=1S/C7H14N2.C2H6N2.C2H7N/c1-7(8)9-5-3-2-4-6-9;1-4-2-3;1-3-2/h8H,2-6H2,1H3;2H,1H3,(H2,3,4);3H,1-2H3. The van der Waals surface area contributed by atoms with E-state index in [4.69, 9.17) is 11.1 Å². The number of amidine groups is 1. The van der Waals surface area contributed by atoms with Crippen molar-refractivity contribution in [2.45, 2.75) is 26.2 Å². The molecule has 0 aliphatic carbocycles. The van der Waals surface area contributed by atoms with Crippen LogP contribution in [0.15, 0.2) is 4.99 Å². The van der Waals surface area contributed by atoms with Crippen LogP contribution in [0.2, 0.25) is 0 Å². The van der Waals surface area contributed by atoms with Gasteiger partial charge < -0.3 is 16.0 Å². The fourth-order valence-corrected chi connectivity index (χ4v) is 1.23. The summed E-state index contributed by atoms with van der Waals surface area (Å²) in [5.74, 6) is 0.731. The van der Waals surface area contributed by atoms with E-state index in [0.717, 1.165) is 18.9 Å². The second-order valence-corrected chi connectivity index (χ2v) is 3.54.